The van der Waals surface area contributed by atoms with Gasteiger partial charge in [-0.05, 0) is 30.5 Å². The lowest BCUT2D eigenvalue weighted by Gasteiger charge is -2.32. The van der Waals surface area contributed by atoms with Crippen molar-refractivity contribution in [2.75, 3.05) is 6.54 Å². The van der Waals surface area contributed by atoms with Crippen LogP contribution in [0.1, 0.15) is 37.7 Å². The molecule has 0 heterocycles. The van der Waals surface area contributed by atoms with Crippen molar-refractivity contribution in [2.45, 2.75) is 44.1 Å². The van der Waals surface area contributed by atoms with Crippen LogP contribution in [0, 0.1) is 0 Å². The van der Waals surface area contributed by atoms with Gasteiger partial charge >= 0.3 is 0 Å². The van der Waals surface area contributed by atoms with Crippen LogP contribution in [0.5, 0.6) is 0 Å². The molecule has 2 N–H and O–H groups in total. The zero-order chi connectivity index (χ0) is 14.6. The molecule has 5 heteroatoms. The smallest absolute Gasteiger partial charge is 0.224 e. The Morgan fingerprint density at radius 2 is 1.80 bits per heavy atom. The van der Waals surface area contributed by atoms with E-state index in [0.717, 1.165) is 32.1 Å². The first-order chi connectivity index (χ1) is 9.50. The van der Waals surface area contributed by atoms with Gasteiger partial charge in [-0.2, -0.15) is 0 Å². The molecule has 0 saturated heterocycles. The highest BCUT2D eigenvalue weighted by Crippen LogP contribution is 2.28. The Balaban J connectivity index is 1.89. The molecule has 0 aliphatic heterocycles. The van der Waals surface area contributed by atoms with E-state index in [2.05, 4.69) is 5.32 Å². The Bertz CT molecular complexity index is 465. The molecule has 0 spiro atoms. The number of hydrogen-bond donors (Lipinski definition) is 2. The Kier molecular flexibility index (Phi) is 5.30. The van der Waals surface area contributed by atoms with Crippen molar-refractivity contribution in [3.05, 3.63) is 33.8 Å². The first kappa shape index (κ1) is 15.6. The lowest BCUT2D eigenvalue weighted by Crippen LogP contribution is -2.44. The number of carbonyl (C=O) groups excluding carboxylic acids is 1. The van der Waals surface area contributed by atoms with Gasteiger partial charge in [0.15, 0.2) is 0 Å². The van der Waals surface area contributed by atoms with Gasteiger partial charge in [0.2, 0.25) is 5.91 Å². The fraction of sp³-hybridized carbons (Fsp3) is 0.533. The number of amides is 1. The molecule has 1 aromatic rings. The molecular formula is C15H19Cl2NO2. The maximum Gasteiger partial charge on any atom is 0.224 e. The van der Waals surface area contributed by atoms with Gasteiger partial charge in [-0.15, -0.1) is 0 Å². The first-order valence-electron chi connectivity index (χ1n) is 6.92. The summed E-state index contributed by atoms with van der Waals surface area (Å²) in [7, 11) is 0. The molecule has 1 aliphatic rings. The van der Waals surface area contributed by atoms with Gasteiger partial charge in [0, 0.05) is 16.6 Å². The highest BCUT2D eigenvalue weighted by Gasteiger charge is 2.29. The fourth-order valence-electron chi connectivity index (χ4n) is 2.57. The van der Waals surface area contributed by atoms with Gasteiger partial charge in [0.25, 0.3) is 0 Å². The molecule has 1 fully saturated rings. The summed E-state index contributed by atoms with van der Waals surface area (Å²) >= 11 is 12.1. The van der Waals surface area contributed by atoms with E-state index in [-0.39, 0.29) is 12.3 Å². The number of rotatable bonds is 4. The largest absolute Gasteiger partial charge is 0.388 e. The van der Waals surface area contributed by atoms with Crippen molar-refractivity contribution in [3.8, 4) is 0 Å². The second-order valence-electron chi connectivity index (χ2n) is 5.44. The van der Waals surface area contributed by atoms with Crippen molar-refractivity contribution in [3.63, 3.8) is 0 Å². The zero-order valence-corrected chi connectivity index (χ0v) is 12.8. The highest BCUT2D eigenvalue weighted by molar-refractivity contribution is 6.36. The Hall–Kier alpha value is -0.770. The summed E-state index contributed by atoms with van der Waals surface area (Å²) in [6.45, 7) is 0.300. The lowest BCUT2D eigenvalue weighted by molar-refractivity contribution is -0.122. The van der Waals surface area contributed by atoms with E-state index in [9.17, 15) is 9.90 Å². The van der Waals surface area contributed by atoms with Crippen LogP contribution < -0.4 is 5.32 Å². The number of aliphatic hydroxyl groups is 1. The molecule has 3 nitrogen and oxygen atoms in total. The summed E-state index contributed by atoms with van der Waals surface area (Å²) < 4.78 is 0. The third-order valence-corrected chi connectivity index (χ3v) is 4.51. The predicted octanol–water partition coefficient (Wildman–Crippen LogP) is 3.35. The van der Waals surface area contributed by atoms with Gasteiger partial charge in [0.1, 0.15) is 0 Å². The van der Waals surface area contributed by atoms with E-state index in [4.69, 9.17) is 23.2 Å². The SMILES string of the molecule is O=C(Cc1c(Cl)cccc1Cl)NCC1(O)CCCCC1. The van der Waals surface area contributed by atoms with Crippen LogP contribution in [-0.2, 0) is 11.2 Å². The van der Waals surface area contributed by atoms with E-state index in [0.29, 0.717) is 22.2 Å². The van der Waals surface area contributed by atoms with Crippen LogP contribution in [0.15, 0.2) is 18.2 Å². The van der Waals surface area contributed by atoms with Crippen molar-refractivity contribution < 1.29 is 9.90 Å². The van der Waals surface area contributed by atoms with Gasteiger partial charge < -0.3 is 10.4 Å². The Labute approximate surface area is 129 Å². The van der Waals surface area contributed by atoms with E-state index < -0.39 is 5.60 Å². The van der Waals surface area contributed by atoms with Crippen LogP contribution in [0.2, 0.25) is 10.0 Å². The van der Waals surface area contributed by atoms with E-state index in [1.54, 1.807) is 18.2 Å². The van der Waals surface area contributed by atoms with Crippen molar-refractivity contribution in [2.24, 2.45) is 0 Å². The van der Waals surface area contributed by atoms with Crippen LogP contribution >= 0.6 is 23.2 Å². The van der Waals surface area contributed by atoms with E-state index in [1.807, 2.05) is 0 Å². The van der Waals surface area contributed by atoms with Gasteiger partial charge in [0.05, 0.1) is 12.0 Å². The Morgan fingerprint density at radius 3 is 2.40 bits per heavy atom. The number of benzene rings is 1. The summed E-state index contributed by atoms with van der Waals surface area (Å²) in [5.74, 6) is -0.168. The molecule has 110 valence electrons. The molecular weight excluding hydrogens is 297 g/mol. The summed E-state index contributed by atoms with van der Waals surface area (Å²) in [6, 6.07) is 5.17. The van der Waals surface area contributed by atoms with Gasteiger partial charge in [-0.3, -0.25) is 4.79 Å². The quantitative estimate of drug-likeness (QED) is 0.895. The molecule has 0 unspecified atom stereocenters. The van der Waals surface area contributed by atoms with Crippen molar-refractivity contribution in [1.29, 1.82) is 0 Å². The molecule has 0 aromatic heterocycles. The van der Waals surface area contributed by atoms with Crippen LogP contribution in [-0.4, -0.2) is 23.2 Å². The number of carbonyl (C=O) groups is 1. The molecule has 1 saturated carbocycles. The molecule has 20 heavy (non-hydrogen) atoms. The topological polar surface area (TPSA) is 49.3 Å². The second kappa shape index (κ2) is 6.79. The van der Waals surface area contributed by atoms with Gasteiger partial charge in [-0.25, -0.2) is 0 Å². The number of nitrogens with one attached hydrogen (secondary N) is 1. The molecule has 0 atom stereocenters. The van der Waals surface area contributed by atoms with Gasteiger partial charge in [-0.1, -0.05) is 48.5 Å². The summed E-state index contributed by atoms with van der Waals surface area (Å²) in [5, 5.41) is 14.1. The minimum Gasteiger partial charge on any atom is -0.388 e. The molecule has 1 aliphatic carbocycles. The zero-order valence-electron chi connectivity index (χ0n) is 11.3. The van der Waals surface area contributed by atoms with Crippen molar-refractivity contribution in [1.82, 2.24) is 5.32 Å². The first-order valence-corrected chi connectivity index (χ1v) is 7.68. The average Bonchev–Trinajstić information content (AvgIpc) is 2.42. The third kappa shape index (κ3) is 4.11. The van der Waals surface area contributed by atoms with E-state index >= 15 is 0 Å². The minimum absolute atomic E-state index is 0.134. The van der Waals surface area contributed by atoms with Crippen LogP contribution in [0.25, 0.3) is 0 Å². The van der Waals surface area contributed by atoms with Crippen LogP contribution in [0.4, 0.5) is 0 Å². The molecule has 0 bridgehead atoms. The predicted molar refractivity (Wildman–Crippen MR) is 81.2 cm³/mol. The number of halogens is 2. The second-order valence-corrected chi connectivity index (χ2v) is 6.25. The minimum atomic E-state index is -0.752. The molecule has 1 amide bonds. The van der Waals surface area contributed by atoms with E-state index in [1.165, 1.54) is 0 Å². The maximum absolute atomic E-state index is 12.0. The normalized spacial score (nSPS) is 17.8. The fourth-order valence-corrected chi connectivity index (χ4v) is 3.11. The third-order valence-electron chi connectivity index (χ3n) is 3.80. The molecule has 0 radical (unpaired) electrons. The summed E-state index contributed by atoms with van der Waals surface area (Å²) in [6.07, 6.45) is 4.83. The number of hydrogen-bond acceptors (Lipinski definition) is 2. The lowest BCUT2D eigenvalue weighted by atomic mass is 9.85. The highest BCUT2D eigenvalue weighted by atomic mass is 35.5. The van der Waals surface area contributed by atoms with Crippen molar-refractivity contribution >= 4 is 29.1 Å². The molecule has 1 aromatic carbocycles. The Morgan fingerprint density at radius 1 is 1.20 bits per heavy atom. The van der Waals surface area contributed by atoms with Crippen LogP contribution in [0.3, 0.4) is 0 Å². The standard InChI is InChI=1S/C15H19Cl2NO2/c16-12-5-4-6-13(17)11(12)9-14(19)18-10-15(20)7-2-1-3-8-15/h4-6,20H,1-3,7-10H2,(H,18,19). The molecule has 2 rings (SSSR count). The monoisotopic (exact) mass is 315 g/mol. The summed E-state index contributed by atoms with van der Waals surface area (Å²) in [5.41, 5.74) is -0.123. The maximum atomic E-state index is 12.0. The average molecular weight is 316 g/mol. The summed E-state index contributed by atoms with van der Waals surface area (Å²) in [4.78, 5) is 12.0.